The maximum absolute atomic E-state index is 6.13. The maximum Gasteiger partial charge on any atom is 0.0642 e. The third kappa shape index (κ3) is 3.35. The average molecular weight is 298 g/mol. The second-order valence-corrected chi connectivity index (χ2v) is 5.46. The number of rotatable bonds is 4. The second-order valence-electron chi connectivity index (χ2n) is 3.79. The molecule has 0 bridgehead atoms. The van der Waals surface area contributed by atoms with E-state index in [9.17, 15) is 0 Å². The number of anilines is 1. The van der Waals surface area contributed by atoms with Crippen LogP contribution in [-0.4, -0.2) is 6.26 Å². The molecule has 0 aromatic heterocycles. The van der Waals surface area contributed by atoms with Crippen molar-refractivity contribution in [3.8, 4) is 0 Å². The summed E-state index contributed by atoms with van der Waals surface area (Å²) in [6, 6.07) is 14.0. The number of nitrogens with one attached hydrogen (secondary N) is 1. The Morgan fingerprint density at radius 1 is 1.06 bits per heavy atom. The highest BCUT2D eigenvalue weighted by Crippen LogP contribution is 2.26. The molecule has 2 rings (SSSR count). The molecule has 4 heteroatoms. The SMILES string of the molecule is CSc1ccc(NCc2cccc(Cl)c2Cl)cc1. The van der Waals surface area contributed by atoms with Crippen LogP contribution in [0.25, 0.3) is 0 Å². The molecule has 2 aromatic carbocycles. The van der Waals surface area contributed by atoms with E-state index < -0.39 is 0 Å². The van der Waals surface area contributed by atoms with Gasteiger partial charge in [-0.05, 0) is 42.2 Å². The molecule has 2 aromatic rings. The van der Waals surface area contributed by atoms with Crippen molar-refractivity contribution >= 4 is 40.7 Å². The lowest BCUT2D eigenvalue weighted by Crippen LogP contribution is -1.99. The van der Waals surface area contributed by atoms with Gasteiger partial charge in [0.25, 0.3) is 0 Å². The molecule has 1 nitrogen and oxygen atoms in total. The van der Waals surface area contributed by atoms with E-state index in [1.165, 1.54) is 4.90 Å². The Labute approximate surface area is 121 Å². The second kappa shape index (κ2) is 6.37. The standard InChI is InChI=1S/C14H13Cl2NS/c1-18-12-7-5-11(6-8-12)17-9-10-3-2-4-13(15)14(10)16/h2-8,17H,9H2,1H3. The van der Waals surface area contributed by atoms with E-state index >= 15 is 0 Å². The van der Waals surface area contributed by atoms with E-state index in [2.05, 4.69) is 35.8 Å². The van der Waals surface area contributed by atoms with Crippen molar-refractivity contribution in [2.24, 2.45) is 0 Å². The lowest BCUT2D eigenvalue weighted by atomic mass is 10.2. The molecule has 0 unspecified atom stereocenters. The lowest BCUT2D eigenvalue weighted by Gasteiger charge is -2.09. The topological polar surface area (TPSA) is 12.0 Å². The van der Waals surface area contributed by atoms with Gasteiger partial charge in [-0.15, -0.1) is 11.8 Å². The first kappa shape index (κ1) is 13.6. The number of hydrogen-bond acceptors (Lipinski definition) is 2. The number of hydrogen-bond donors (Lipinski definition) is 1. The molecule has 0 spiro atoms. The van der Waals surface area contributed by atoms with E-state index in [1.807, 2.05) is 12.1 Å². The van der Waals surface area contributed by atoms with Crippen LogP contribution < -0.4 is 5.32 Å². The summed E-state index contributed by atoms with van der Waals surface area (Å²) in [6.07, 6.45) is 2.06. The average Bonchev–Trinajstić information content (AvgIpc) is 2.41. The van der Waals surface area contributed by atoms with Crippen molar-refractivity contribution < 1.29 is 0 Å². The van der Waals surface area contributed by atoms with Crippen LogP contribution in [0.4, 0.5) is 5.69 Å². The molecule has 0 heterocycles. The maximum atomic E-state index is 6.13. The predicted molar refractivity (Wildman–Crippen MR) is 82.0 cm³/mol. The van der Waals surface area contributed by atoms with Crippen molar-refractivity contribution in [2.75, 3.05) is 11.6 Å². The Morgan fingerprint density at radius 3 is 2.44 bits per heavy atom. The molecule has 0 radical (unpaired) electrons. The summed E-state index contributed by atoms with van der Waals surface area (Å²) in [5.41, 5.74) is 2.07. The van der Waals surface area contributed by atoms with Gasteiger partial charge in [-0.1, -0.05) is 35.3 Å². The molecule has 0 fully saturated rings. The van der Waals surface area contributed by atoms with Crippen LogP contribution in [0.15, 0.2) is 47.4 Å². The predicted octanol–water partition coefficient (Wildman–Crippen LogP) is 5.33. The highest BCUT2D eigenvalue weighted by molar-refractivity contribution is 7.98. The molecule has 0 atom stereocenters. The molecule has 18 heavy (non-hydrogen) atoms. The summed E-state index contributed by atoms with van der Waals surface area (Å²) >= 11 is 13.8. The first-order valence-corrected chi connectivity index (χ1v) is 7.49. The van der Waals surface area contributed by atoms with Crippen molar-refractivity contribution in [1.29, 1.82) is 0 Å². The van der Waals surface area contributed by atoms with Crippen LogP contribution >= 0.6 is 35.0 Å². The number of halogens is 2. The summed E-state index contributed by atoms with van der Waals surface area (Å²) in [4.78, 5) is 1.25. The fraction of sp³-hybridized carbons (Fsp3) is 0.143. The van der Waals surface area contributed by atoms with E-state index in [-0.39, 0.29) is 0 Å². The largest absolute Gasteiger partial charge is 0.381 e. The van der Waals surface area contributed by atoms with Gasteiger partial charge < -0.3 is 5.32 Å². The zero-order valence-electron chi connectivity index (χ0n) is 9.91. The molecule has 0 saturated heterocycles. The smallest absolute Gasteiger partial charge is 0.0642 e. The summed E-state index contributed by atoms with van der Waals surface area (Å²) < 4.78 is 0. The first-order chi connectivity index (χ1) is 8.70. The monoisotopic (exact) mass is 297 g/mol. The minimum Gasteiger partial charge on any atom is -0.381 e. The zero-order chi connectivity index (χ0) is 13.0. The molecule has 0 aliphatic carbocycles. The van der Waals surface area contributed by atoms with Crippen LogP contribution in [0, 0.1) is 0 Å². The first-order valence-electron chi connectivity index (χ1n) is 5.51. The van der Waals surface area contributed by atoms with Crippen molar-refractivity contribution in [3.63, 3.8) is 0 Å². The van der Waals surface area contributed by atoms with E-state index in [4.69, 9.17) is 23.2 Å². The quantitative estimate of drug-likeness (QED) is 0.766. The van der Waals surface area contributed by atoms with Gasteiger partial charge in [0.05, 0.1) is 10.0 Å². The van der Waals surface area contributed by atoms with Gasteiger partial charge in [0.1, 0.15) is 0 Å². The third-order valence-corrected chi connectivity index (χ3v) is 4.21. The Morgan fingerprint density at radius 2 is 1.78 bits per heavy atom. The zero-order valence-corrected chi connectivity index (χ0v) is 12.2. The Balaban J connectivity index is 2.04. The molecule has 0 amide bonds. The van der Waals surface area contributed by atoms with Crippen molar-refractivity contribution in [1.82, 2.24) is 0 Å². The Bertz CT molecular complexity index is 526. The van der Waals surface area contributed by atoms with Crippen LogP contribution in [0.5, 0.6) is 0 Å². The van der Waals surface area contributed by atoms with Crippen LogP contribution in [0.2, 0.25) is 10.0 Å². The highest BCUT2D eigenvalue weighted by atomic mass is 35.5. The Hall–Kier alpha value is -0.830. The molecule has 0 aliphatic rings. The normalized spacial score (nSPS) is 10.4. The Kier molecular flexibility index (Phi) is 4.81. The minimum atomic E-state index is 0.591. The minimum absolute atomic E-state index is 0.591. The summed E-state index contributed by atoms with van der Waals surface area (Å²) in [6.45, 7) is 0.665. The van der Waals surface area contributed by atoms with E-state index in [0.717, 1.165) is 11.3 Å². The third-order valence-electron chi connectivity index (χ3n) is 2.60. The molecule has 0 saturated carbocycles. The molecular formula is C14H13Cl2NS. The van der Waals surface area contributed by atoms with Gasteiger partial charge in [-0.3, -0.25) is 0 Å². The van der Waals surface area contributed by atoms with Gasteiger partial charge in [-0.25, -0.2) is 0 Å². The molecular weight excluding hydrogens is 285 g/mol. The van der Waals surface area contributed by atoms with Gasteiger partial charge >= 0.3 is 0 Å². The van der Waals surface area contributed by atoms with Crippen LogP contribution in [0.3, 0.4) is 0 Å². The molecule has 94 valence electrons. The summed E-state index contributed by atoms with van der Waals surface area (Å²) in [5.74, 6) is 0. The molecule has 0 aliphatic heterocycles. The van der Waals surface area contributed by atoms with Gasteiger partial charge in [-0.2, -0.15) is 0 Å². The number of thioether (sulfide) groups is 1. The van der Waals surface area contributed by atoms with E-state index in [0.29, 0.717) is 16.6 Å². The fourth-order valence-corrected chi connectivity index (χ4v) is 2.39. The molecule has 1 N–H and O–H groups in total. The van der Waals surface area contributed by atoms with Crippen molar-refractivity contribution in [2.45, 2.75) is 11.4 Å². The van der Waals surface area contributed by atoms with Gasteiger partial charge in [0.15, 0.2) is 0 Å². The van der Waals surface area contributed by atoms with Crippen LogP contribution in [-0.2, 0) is 6.54 Å². The van der Waals surface area contributed by atoms with Gasteiger partial charge in [0.2, 0.25) is 0 Å². The highest BCUT2D eigenvalue weighted by Gasteiger charge is 2.03. The summed E-state index contributed by atoms with van der Waals surface area (Å²) in [7, 11) is 0. The van der Waals surface area contributed by atoms with Crippen LogP contribution in [0.1, 0.15) is 5.56 Å². The number of benzene rings is 2. The lowest BCUT2D eigenvalue weighted by molar-refractivity contribution is 1.15. The van der Waals surface area contributed by atoms with Gasteiger partial charge in [0, 0.05) is 17.1 Å². The fourth-order valence-electron chi connectivity index (χ4n) is 1.59. The van der Waals surface area contributed by atoms with E-state index in [1.54, 1.807) is 17.8 Å². The summed E-state index contributed by atoms with van der Waals surface area (Å²) in [5, 5.41) is 4.54. The van der Waals surface area contributed by atoms with Crippen molar-refractivity contribution in [3.05, 3.63) is 58.1 Å².